The van der Waals surface area contributed by atoms with Crippen LogP contribution >= 0.6 is 12.4 Å². The van der Waals surface area contributed by atoms with Crippen molar-refractivity contribution in [2.75, 3.05) is 31.1 Å². The van der Waals surface area contributed by atoms with Crippen LogP contribution < -0.4 is 15.0 Å². The number of ether oxygens (including phenoxy) is 1. The normalized spacial score (nSPS) is 22.0. The van der Waals surface area contributed by atoms with Crippen LogP contribution in [0.4, 0.5) is 5.69 Å². The van der Waals surface area contributed by atoms with E-state index in [2.05, 4.69) is 12.2 Å². The Labute approximate surface area is 138 Å². The molecule has 3 rings (SSSR count). The van der Waals surface area contributed by atoms with Crippen LogP contribution in [0.2, 0.25) is 0 Å². The van der Waals surface area contributed by atoms with E-state index in [1.165, 1.54) is 12.8 Å². The lowest BCUT2D eigenvalue weighted by molar-refractivity contribution is -0.120. The van der Waals surface area contributed by atoms with Crippen LogP contribution in [-0.4, -0.2) is 32.1 Å². The zero-order valence-corrected chi connectivity index (χ0v) is 13.9. The molecule has 2 heterocycles. The topological polar surface area (TPSA) is 41.6 Å². The van der Waals surface area contributed by atoms with Crippen molar-refractivity contribution in [3.05, 3.63) is 24.3 Å². The molecule has 0 radical (unpaired) electrons. The largest absolute Gasteiger partial charge is 0.490 e. The SMILES string of the molecule is CC(CC(=O)N1CCOc2ccccc21)C1CCCNC1.Cl. The number of benzene rings is 1. The Morgan fingerprint density at radius 2 is 2.27 bits per heavy atom. The van der Waals surface area contributed by atoms with Gasteiger partial charge in [0.2, 0.25) is 5.91 Å². The Kier molecular flexibility index (Phi) is 6.09. The van der Waals surface area contributed by atoms with E-state index in [0.717, 1.165) is 24.5 Å². The van der Waals surface area contributed by atoms with Gasteiger partial charge >= 0.3 is 0 Å². The molecule has 2 aliphatic rings. The average Bonchev–Trinajstić information content (AvgIpc) is 2.55. The van der Waals surface area contributed by atoms with Gasteiger partial charge in [0.15, 0.2) is 0 Å². The second-order valence-corrected chi connectivity index (χ2v) is 6.15. The molecule has 0 saturated carbocycles. The first-order chi connectivity index (χ1) is 10.3. The molecule has 1 aromatic rings. The lowest BCUT2D eigenvalue weighted by atomic mass is 9.85. The molecule has 4 nitrogen and oxygen atoms in total. The number of piperidine rings is 1. The molecule has 0 aliphatic carbocycles. The number of hydrogen-bond acceptors (Lipinski definition) is 3. The maximum absolute atomic E-state index is 12.7. The summed E-state index contributed by atoms with van der Waals surface area (Å²) in [6, 6.07) is 7.81. The van der Waals surface area contributed by atoms with Crippen LogP contribution in [0, 0.1) is 11.8 Å². The number of amides is 1. The molecular weight excluding hydrogens is 300 g/mol. The summed E-state index contributed by atoms with van der Waals surface area (Å²) in [5, 5.41) is 3.44. The fraction of sp³-hybridized carbons (Fsp3) is 0.588. The van der Waals surface area contributed by atoms with E-state index >= 15 is 0 Å². The van der Waals surface area contributed by atoms with Gasteiger partial charge in [0.1, 0.15) is 12.4 Å². The summed E-state index contributed by atoms with van der Waals surface area (Å²) in [7, 11) is 0. The van der Waals surface area contributed by atoms with Crippen LogP contribution in [0.1, 0.15) is 26.2 Å². The van der Waals surface area contributed by atoms with Crippen molar-refractivity contribution in [2.45, 2.75) is 26.2 Å². The molecule has 0 aromatic heterocycles. The number of rotatable bonds is 3. The van der Waals surface area contributed by atoms with E-state index in [4.69, 9.17) is 4.74 Å². The van der Waals surface area contributed by atoms with Crippen LogP contribution in [-0.2, 0) is 4.79 Å². The quantitative estimate of drug-likeness (QED) is 0.929. The molecule has 1 fully saturated rings. The standard InChI is InChI=1S/C17H24N2O2.ClH/c1-13(14-5-4-8-18-12-14)11-17(20)19-9-10-21-16-7-3-2-6-15(16)19;/h2-3,6-7,13-14,18H,4-5,8-12H2,1H3;1H. The molecule has 5 heteroatoms. The second-order valence-electron chi connectivity index (χ2n) is 6.15. The number of carbonyl (C=O) groups excluding carboxylic acids is 1. The van der Waals surface area contributed by atoms with Gasteiger partial charge in [-0.3, -0.25) is 4.79 Å². The predicted molar refractivity (Wildman–Crippen MR) is 90.9 cm³/mol. The minimum absolute atomic E-state index is 0. The lowest BCUT2D eigenvalue weighted by Gasteiger charge is -2.32. The Bertz CT molecular complexity index is 503. The van der Waals surface area contributed by atoms with E-state index in [1.54, 1.807) is 0 Å². The van der Waals surface area contributed by atoms with Crippen LogP contribution in [0.5, 0.6) is 5.75 Å². The highest BCUT2D eigenvalue weighted by atomic mass is 35.5. The maximum atomic E-state index is 12.7. The van der Waals surface area contributed by atoms with E-state index in [9.17, 15) is 4.79 Å². The fourth-order valence-corrected chi connectivity index (χ4v) is 3.35. The molecule has 0 bridgehead atoms. The first-order valence-corrected chi connectivity index (χ1v) is 7.98. The predicted octanol–water partition coefficient (Wildman–Crippen LogP) is 2.86. The highest BCUT2D eigenvalue weighted by Crippen LogP contribution is 2.32. The van der Waals surface area contributed by atoms with Crippen molar-refractivity contribution in [1.82, 2.24) is 5.32 Å². The van der Waals surface area contributed by atoms with Gasteiger partial charge in [-0.25, -0.2) is 0 Å². The van der Waals surface area contributed by atoms with Crippen molar-refractivity contribution >= 4 is 24.0 Å². The number of para-hydroxylation sites is 2. The fourth-order valence-electron chi connectivity index (χ4n) is 3.35. The van der Waals surface area contributed by atoms with Crippen molar-refractivity contribution in [2.24, 2.45) is 11.8 Å². The Morgan fingerprint density at radius 3 is 3.05 bits per heavy atom. The van der Waals surface area contributed by atoms with Gasteiger partial charge in [0.05, 0.1) is 12.2 Å². The Morgan fingerprint density at radius 1 is 1.45 bits per heavy atom. The number of anilines is 1. The van der Waals surface area contributed by atoms with Gasteiger partial charge in [-0.15, -0.1) is 12.4 Å². The summed E-state index contributed by atoms with van der Waals surface area (Å²) in [4.78, 5) is 14.6. The zero-order valence-electron chi connectivity index (χ0n) is 13.1. The van der Waals surface area contributed by atoms with Crippen molar-refractivity contribution in [3.63, 3.8) is 0 Å². The summed E-state index contributed by atoms with van der Waals surface area (Å²) < 4.78 is 5.62. The molecule has 1 N–H and O–H groups in total. The lowest BCUT2D eigenvalue weighted by Crippen LogP contribution is -2.40. The van der Waals surface area contributed by atoms with Gasteiger partial charge in [-0.1, -0.05) is 19.1 Å². The maximum Gasteiger partial charge on any atom is 0.227 e. The number of halogens is 1. The van der Waals surface area contributed by atoms with Gasteiger partial charge in [-0.05, 0) is 49.9 Å². The van der Waals surface area contributed by atoms with Gasteiger partial charge in [0, 0.05) is 6.42 Å². The molecule has 0 spiro atoms. The number of hydrogen-bond donors (Lipinski definition) is 1. The summed E-state index contributed by atoms with van der Waals surface area (Å²) in [6.07, 6.45) is 3.09. The molecule has 2 aliphatic heterocycles. The number of nitrogens with one attached hydrogen (secondary N) is 1. The first kappa shape index (κ1) is 17.1. The number of fused-ring (bicyclic) bond motifs is 1. The van der Waals surface area contributed by atoms with Crippen molar-refractivity contribution < 1.29 is 9.53 Å². The van der Waals surface area contributed by atoms with Crippen molar-refractivity contribution in [3.8, 4) is 5.75 Å². The Balaban J connectivity index is 0.00000176. The number of nitrogens with zero attached hydrogens (tertiary/aromatic N) is 1. The minimum Gasteiger partial charge on any atom is -0.490 e. The summed E-state index contributed by atoms with van der Waals surface area (Å²) in [5.41, 5.74) is 0.919. The van der Waals surface area contributed by atoms with Crippen LogP contribution in [0.25, 0.3) is 0 Å². The van der Waals surface area contributed by atoms with Gasteiger partial charge < -0.3 is 15.0 Å². The first-order valence-electron chi connectivity index (χ1n) is 7.98. The molecule has 2 unspecified atom stereocenters. The summed E-state index contributed by atoms with van der Waals surface area (Å²) >= 11 is 0. The molecule has 22 heavy (non-hydrogen) atoms. The third-order valence-electron chi connectivity index (χ3n) is 4.67. The molecule has 1 aromatic carbocycles. The molecular formula is C17H25ClN2O2. The van der Waals surface area contributed by atoms with E-state index in [1.807, 2.05) is 29.2 Å². The van der Waals surface area contributed by atoms with E-state index in [0.29, 0.717) is 31.4 Å². The average molecular weight is 325 g/mol. The van der Waals surface area contributed by atoms with Crippen LogP contribution in [0.3, 0.4) is 0 Å². The highest BCUT2D eigenvalue weighted by molar-refractivity contribution is 5.95. The van der Waals surface area contributed by atoms with E-state index < -0.39 is 0 Å². The summed E-state index contributed by atoms with van der Waals surface area (Å²) in [6.45, 7) is 5.62. The van der Waals surface area contributed by atoms with Gasteiger partial charge in [-0.2, -0.15) is 0 Å². The molecule has 122 valence electrons. The third-order valence-corrected chi connectivity index (χ3v) is 4.67. The van der Waals surface area contributed by atoms with Gasteiger partial charge in [0.25, 0.3) is 0 Å². The highest BCUT2D eigenvalue weighted by Gasteiger charge is 2.27. The minimum atomic E-state index is 0. The van der Waals surface area contributed by atoms with Crippen molar-refractivity contribution in [1.29, 1.82) is 0 Å². The van der Waals surface area contributed by atoms with E-state index in [-0.39, 0.29) is 18.3 Å². The smallest absolute Gasteiger partial charge is 0.227 e. The number of carbonyl (C=O) groups is 1. The third kappa shape index (κ3) is 3.73. The summed E-state index contributed by atoms with van der Waals surface area (Å²) in [5.74, 6) is 2.10. The molecule has 2 atom stereocenters. The zero-order chi connectivity index (χ0) is 14.7. The monoisotopic (exact) mass is 324 g/mol. The molecule has 1 saturated heterocycles. The second kappa shape index (κ2) is 7.84. The molecule has 1 amide bonds. The van der Waals surface area contributed by atoms with Crippen LogP contribution in [0.15, 0.2) is 24.3 Å². The Hall–Kier alpha value is -1.26.